The molecule has 0 radical (unpaired) electrons. The first-order chi connectivity index (χ1) is 14.0. The Kier molecular flexibility index (Phi) is 6.42. The number of esters is 1. The van der Waals surface area contributed by atoms with Crippen molar-refractivity contribution in [3.8, 4) is 0 Å². The van der Waals surface area contributed by atoms with Gasteiger partial charge in [0.25, 0.3) is 0 Å². The lowest BCUT2D eigenvalue weighted by Crippen LogP contribution is -2.36. The molecule has 1 amide bonds. The molecule has 162 valence electrons. The van der Waals surface area contributed by atoms with Gasteiger partial charge in [0.05, 0.1) is 30.8 Å². The molecule has 1 aromatic carbocycles. The summed E-state index contributed by atoms with van der Waals surface area (Å²) in [6.45, 7) is 7.40. The van der Waals surface area contributed by atoms with Gasteiger partial charge in [-0.3, -0.25) is 4.79 Å². The van der Waals surface area contributed by atoms with Crippen LogP contribution in [0.15, 0.2) is 29.2 Å². The average Bonchev–Trinajstić information content (AvgIpc) is 3.03. The van der Waals surface area contributed by atoms with Crippen molar-refractivity contribution < 1.29 is 24.2 Å². The van der Waals surface area contributed by atoms with E-state index >= 15 is 0 Å². The van der Waals surface area contributed by atoms with Crippen LogP contribution >= 0.6 is 22.6 Å². The maximum atomic E-state index is 12.9. The van der Waals surface area contributed by atoms with Crippen molar-refractivity contribution in [3.05, 3.63) is 43.8 Å². The summed E-state index contributed by atoms with van der Waals surface area (Å²) in [5.74, 6) is -0.714. The highest BCUT2D eigenvalue weighted by Gasteiger charge is 2.38. The highest BCUT2D eigenvalue weighted by Crippen LogP contribution is 2.28. The molecule has 9 heteroatoms. The number of aliphatic hydroxyl groups is 1. The molecule has 1 aromatic heterocycles. The molecular formula is C21H25IN2O6. The first-order valence-electron chi connectivity index (χ1n) is 9.69. The summed E-state index contributed by atoms with van der Waals surface area (Å²) in [6, 6.07) is 4.77. The maximum Gasteiger partial charge on any atom is 0.410 e. The molecule has 30 heavy (non-hydrogen) atoms. The molecule has 0 saturated carbocycles. The van der Waals surface area contributed by atoms with E-state index in [-0.39, 0.29) is 25.3 Å². The SMILES string of the molecule is CCOC(=O)c1cn([C@@H]2CN(C(=O)OC(C)(C)C)C[C@H]2O)c2ccc(I)cc2c1=O. The molecule has 8 nitrogen and oxygen atoms in total. The van der Waals surface area contributed by atoms with E-state index < -0.39 is 35.2 Å². The van der Waals surface area contributed by atoms with E-state index in [4.69, 9.17) is 9.47 Å². The number of amides is 1. The maximum absolute atomic E-state index is 12.9. The third-order valence-electron chi connectivity index (χ3n) is 4.76. The van der Waals surface area contributed by atoms with E-state index in [1.54, 1.807) is 44.4 Å². The van der Waals surface area contributed by atoms with Gasteiger partial charge in [0.2, 0.25) is 5.43 Å². The van der Waals surface area contributed by atoms with Crippen LogP contribution in [0.1, 0.15) is 44.1 Å². The number of fused-ring (bicyclic) bond motifs is 1. The van der Waals surface area contributed by atoms with Crippen LogP contribution in [0.5, 0.6) is 0 Å². The second kappa shape index (κ2) is 8.54. The third kappa shape index (κ3) is 4.61. The van der Waals surface area contributed by atoms with Crippen LogP contribution in [-0.2, 0) is 9.47 Å². The molecule has 0 spiro atoms. The monoisotopic (exact) mass is 528 g/mol. The Bertz CT molecular complexity index is 1040. The van der Waals surface area contributed by atoms with Gasteiger partial charge < -0.3 is 24.0 Å². The summed E-state index contributed by atoms with van der Waals surface area (Å²) in [6.07, 6.45) is 0.00857. The molecule has 2 heterocycles. The molecule has 1 aliphatic heterocycles. The number of nitrogens with zero attached hydrogens (tertiary/aromatic N) is 2. The van der Waals surface area contributed by atoms with Gasteiger partial charge in [0.15, 0.2) is 0 Å². The van der Waals surface area contributed by atoms with Gasteiger partial charge >= 0.3 is 12.1 Å². The molecule has 2 atom stereocenters. The second-order valence-electron chi connectivity index (χ2n) is 8.18. The number of likely N-dealkylation sites (tertiary alicyclic amines) is 1. The van der Waals surface area contributed by atoms with E-state index in [1.165, 1.54) is 11.1 Å². The normalized spacial score (nSPS) is 19.2. The third-order valence-corrected chi connectivity index (χ3v) is 5.43. The number of ether oxygens (including phenoxy) is 2. The molecule has 1 aliphatic rings. The lowest BCUT2D eigenvalue weighted by atomic mass is 10.1. The molecular weight excluding hydrogens is 503 g/mol. The molecule has 2 aromatic rings. The lowest BCUT2D eigenvalue weighted by Gasteiger charge is -2.24. The fourth-order valence-electron chi connectivity index (χ4n) is 3.47. The number of benzene rings is 1. The lowest BCUT2D eigenvalue weighted by molar-refractivity contribution is 0.0269. The van der Waals surface area contributed by atoms with Crippen LogP contribution in [0.4, 0.5) is 4.79 Å². The molecule has 0 aliphatic carbocycles. The quantitative estimate of drug-likeness (QED) is 0.486. The van der Waals surface area contributed by atoms with Crippen molar-refractivity contribution in [2.24, 2.45) is 0 Å². The predicted molar refractivity (Wildman–Crippen MR) is 120 cm³/mol. The van der Waals surface area contributed by atoms with Crippen molar-refractivity contribution in [1.29, 1.82) is 0 Å². The predicted octanol–water partition coefficient (Wildman–Crippen LogP) is 2.94. The number of pyridine rings is 1. The van der Waals surface area contributed by atoms with E-state index in [1.807, 2.05) is 6.07 Å². The average molecular weight is 528 g/mol. The van der Waals surface area contributed by atoms with Crippen molar-refractivity contribution >= 4 is 45.6 Å². The van der Waals surface area contributed by atoms with Crippen LogP contribution in [0.2, 0.25) is 0 Å². The zero-order chi connectivity index (χ0) is 22.2. The number of β-amino-alcohol motifs (C(OH)–C–C–N with tert-alkyl or cyclic N) is 1. The van der Waals surface area contributed by atoms with E-state index in [0.29, 0.717) is 10.9 Å². The summed E-state index contributed by atoms with van der Waals surface area (Å²) >= 11 is 2.10. The van der Waals surface area contributed by atoms with Gasteiger partial charge in [-0.05, 0) is 68.5 Å². The Morgan fingerprint density at radius 2 is 1.97 bits per heavy atom. The van der Waals surface area contributed by atoms with Crippen molar-refractivity contribution in [2.45, 2.75) is 45.4 Å². The van der Waals surface area contributed by atoms with Crippen LogP contribution in [0.3, 0.4) is 0 Å². The zero-order valence-electron chi connectivity index (χ0n) is 17.3. The Morgan fingerprint density at radius 1 is 1.27 bits per heavy atom. The number of aliphatic hydroxyl groups excluding tert-OH is 1. The summed E-state index contributed by atoms with van der Waals surface area (Å²) < 4.78 is 13.0. The first kappa shape index (κ1) is 22.5. The topological polar surface area (TPSA) is 98.1 Å². The number of aromatic nitrogens is 1. The van der Waals surface area contributed by atoms with Gasteiger partial charge in [-0.25, -0.2) is 9.59 Å². The zero-order valence-corrected chi connectivity index (χ0v) is 19.5. The number of halogens is 1. The Labute approximate surface area is 187 Å². The Morgan fingerprint density at radius 3 is 2.60 bits per heavy atom. The van der Waals surface area contributed by atoms with Gasteiger partial charge in [-0.1, -0.05) is 0 Å². The first-order valence-corrected chi connectivity index (χ1v) is 10.8. The summed E-state index contributed by atoms with van der Waals surface area (Å²) in [5.41, 5.74) is -0.606. The molecule has 0 unspecified atom stereocenters. The van der Waals surface area contributed by atoms with Gasteiger partial charge in [-0.2, -0.15) is 0 Å². The van der Waals surface area contributed by atoms with Crippen LogP contribution in [-0.4, -0.2) is 58.0 Å². The number of hydrogen-bond donors (Lipinski definition) is 1. The fraction of sp³-hybridized carbons (Fsp3) is 0.476. The molecule has 0 bridgehead atoms. The standard InChI is InChI=1S/C21H25IN2O6/c1-5-29-19(27)14-9-24(15-7-6-12(22)8-13(15)18(14)26)16-10-23(11-17(16)25)20(28)30-21(2,3)4/h6-9,16-17,25H,5,10-11H2,1-4H3/t16-,17-/m1/s1. The van der Waals surface area contributed by atoms with E-state index in [9.17, 15) is 19.5 Å². The van der Waals surface area contributed by atoms with Crippen molar-refractivity contribution in [2.75, 3.05) is 19.7 Å². The number of carbonyl (C=O) groups excluding carboxylic acids is 2. The summed E-state index contributed by atoms with van der Waals surface area (Å²) in [5, 5.41) is 11.1. The Balaban J connectivity index is 2.06. The fourth-order valence-corrected chi connectivity index (χ4v) is 3.97. The minimum Gasteiger partial charge on any atom is -0.462 e. The van der Waals surface area contributed by atoms with Crippen LogP contribution in [0.25, 0.3) is 10.9 Å². The number of hydrogen-bond acceptors (Lipinski definition) is 6. The smallest absolute Gasteiger partial charge is 0.410 e. The van der Waals surface area contributed by atoms with Crippen LogP contribution < -0.4 is 5.43 Å². The largest absolute Gasteiger partial charge is 0.462 e. The van der Waals surface area contributed by atoms with Crippen LogP contribution in [0, 0.1) is 3.57 Å². The minimum absolute atomic E-state index is 0.0896. The number of carbonyl (C=O) groups is 2. The molecule has 3 rings (SSSR count). The van der Waals surface area contributed by atoms with Crippen molar-refractivity contribution in [3.63, 3.8) is 0 Å². The summed E-state index contributed by atoms with van der Waals surface area (Å²) in [4.78, 5) is 39.2. The van der Waals surface area contributed by atoms with Gasteiger partial charge in [-0.15, -0.1) is 0 Å². The van der Waals surface area contributed by atoms with Gasteiger partial charge in [0, 0.05) is 21.7 Å². The van der Waals surface area contributed by atoms with E-state index in [0.717, 1.165) is 3.57 Å². The molecule has 1 fully saturated rings. The number of rotatable bonds is 3. The van der Waals surface area contributed by atoms with Gasteiger partial charge in [0.1, 0.15) is 11.2 Å². The van der Waals surface area contributed by atoms with Crippen molar-refractivity contribution in [1.82, 2.24) is 9.47 Å². The Hall–Kier alpha value is -2.14. The minimum atomic E-state index is -0.891. The second-order valence-corrected chi connectivity index (χ2v) is 9.43. The molecule has 1 saturated heterocycles. The highest BCUT2D eigenvalue weighted by molar-refractivity contribution is 14.1. The summed E-state index contributed by atoms with van der Waals surface area (Å²) in [7, 11) is 0. The van der Waals surface area contributed by atoms with E-state index in [2.05, 4.69) is 22.6 Å². The highest BCUT2D eigenvalue weighted by atomic mass is 127. The molecule has 1 N–H and O–H groups in total.